The van der Waals surface area contributed by atoms with Gasteiger partial charge in [-0.05, 0) is 39.5 Å². The molecule has 2 aromatic rings. The third kappa shape index (κ3) is 3.54. The second-order valence-corrected chi connectivity index (χ2v) is 6.03. The van der Waals surface area contributed by atoms with Gasteiger partial charge in [0, 0.05) is 35.3 Å². The van der Waals surface area contributed by atoms with Gasteiger partial charge in [0.15, 0.2) is 0 Å². The molecule has 19 heavy (non-hydrogen) atoms. The maximum absolute atomic E-state index is 11.8. The summed E-state index contributed by atoms with van der Waals surface area (Å²) in [5.41, 5.74) is 1.33. The molecule has 0 saturated heterocycles. The SMILES string of the molecule is CN(C)C(=O)c1cc(NCc2sccc2Br)ccn1. The molecular weight excluding hydrogens is 326 g/mol. The highest BCUT2D eigenvalue weighted by atomic mass is 79.9. The molecule has 0 aromatic carbocycles. The van der Waals surface area contributed by atoms with Crippen LogP contribution in [-0.2, 0) is 6.54 Å². The Morgan fingerprint density at radius 2 is 2.26 bits per heavy atom. The number of carbonyl (C=O) groups excluding carboxylic acids is 1. The number of aromatic nitrogens is 1. The van der Waals surface area contributed by atoms with E-state index in [2.05, 4.69) is 26.2 Å². The average Bonchev–Trinajstić information content (AvgIpc) is 2.81. The predicted octanol–water partition coefficient (Wildman–Crippen LogP) is 3.22. The fraction of sp³-hybridized carbons (Fsp3) is 0.231. The van der Waals surface area contributed by atoms with Crippen LogP contribution in [0, 0.1) is 0 Å². The van der Waals surface area contributed by atoms with E-state index >= 15 is 0 Å². The normalized spacial score (nSPS) is 10.3. The van der Waals surface area contributed by atoms with E-state index in [0.717, 1.165) is 16.7 Å². The first-order valence-corrected chi connectivity index (χ1v) is 7.38. The first-order valence-electron chi connectivity index (χ1n) is 5.71. The van der Waals surface area contributed by atoms with Crippen LogP contribution in [0.25, 0.3) is 0 Å². The van der Waals surface area contributed by atoms with Crippen LogP contribution in [0.4, 0.5) is 5.69 Å². The Kier molecular flexibility index (Phi) is 4.55. The van der Waals surface area contributed by atoms with Gasteiger partial charge < -0.3 is 10.2 Å². The number of nitrogens with one attached hydrogen (secondary N) is 1. The van der Waals surface area contributed by atoms with Gasteiger partial charge in [-0.3, -0.25) is 9.78 Å². The largest absolute Gasteiger partial charge is 0.380 e. The van der Waals surface area contributed by atoms with Gasteiger partial charge in [-0.15, -0.1) is 11.3 Å². The van der Waals surface area contributed by atoms with Crippen LogP contribution in [0.15, 0.2) is 34.2 Å². The zero-order valence-corrected chi connectivity index (χ0v) is 13.1. The quantitative estimate of drug-likeness (QED) is 0.930. The Bertz CT molecular complexity index is 583. The molecule has 2 aromatic heterocycles. The molecule has 0 aliphatic carbocycles. The zero-order chi connectivity index (χ0) is 13.8. The van der Waals surface area contributed by atoms with Gasteiger partial charge in [-0.1, -0.05) is 0 Å². The molecule has 0 spiro atoms. The van der Waals surface area contributed by atoms with Crippen molar-refractivity contribution in [3.63, 3.8) is 0 Å². The van der Waals surface area contributed by atoms with Crippen molar-refractivity contribution in [2.24, 2.45) is 0 Å². The third-order valence-electron chi connectivity index (χ3n) is 2.53. The lowest BCUT2D eigenvalue weighted by Crippen LogP contribution is -2.22. The number of hydrogen-bond donors (Lipinski definition) is 1. The Balaban J connectivity index is 2.07. The Labute approximate surface area is 124 Å². The minimum Gasteiger partial charge on any atom is -0.380 e. The molecule has 0 bridgehead atoms. The number of pyridine rings is 1. The van der Waals surface area contributed by atoms with E-state index in [-0.39, 0.29) is 5.91 Å². The summed E-state index contributed by atoms with van der Waals surface area (Å²) in [6.45, 7) is 0.720. The third-order valence-corrected chi connectivity index (χ3v) is 4.46. The lowest BCUT2D eigenvalue weighted by atomic mass is 10.3. The molecule has 0 atom stereocenters. The highest BCUT2D eigenvalue weighted by Crippen LogP contribution is 2.23. The topological polar surface area (TPSA) is 45.2 Å². The Morgan fingerprint density at radius 1 is 1.47 bits per heavy atom. The number of thiophene rings is 1. The first kappa shape index (κ1) is 14.0. The van der Waals surface area contributed by atoms with E-state index in [4.69, 9.17) is 0 Å². The van der Waals surface area contributed by atoms with Crippen molar-refractivity contribution in [2.45, 2.75) is 6.54 Å². The Morgan fingerprint density at radius 3 is 2.89 bits per heavy atom. The summed E-state index contributed by atoms with van der Waals surface area (Å²) >= 11 is 5.18. The molecule has 0 unspecified atom stereocenters. The first-order chi connectivity index (χ1) is 9.08. The minimum atomic E-state index is -0.0963. The highest BCUT2D eigenvalue weighted by Gasteiger charge is 2.10. The molecule has 6 heteroatoms. The molecule has 0 fully saturated rings. The lowest BCUT2D eigenvalue weighted by molar-refractivity contribution is 0.0822. The van der Waals surface area contributed by atoms with Gasteiger partial charge in [0.05, 0.1) is 6.54 Å². The van der Waals surface area contributed by atoms with Crippen molar-refractivity contribution >= 4 is 38.9 Å². The summed E-state index contributed by atoms with van der Waals surface area (Å²) in [6, 6.07) is 5.65. The maximum atomic E-state index is 11.8. The monoisotopic (exact) mass is 339 g/mol. The maximum Gasteiger partial charge on any atom is 0.272 e. The smallest absolute Gasteiger partial charge is 0.272 e. The second-order valence-electron chi connectivity index (χ2n) is 4.17. The molecule has 0 aliphatic rings. The fourth-order valence-electron chi connectivity index (χ4n) is 1.52. The van der Waals surface area contributed by atoms with Gasteiger partial charge in [0.25, 0.3) is 5.91 Å². The number of hydrogen-bond acceptors (Lipinski definition) is 4. The highest BCUT2D eigenvalue weighted by molar-refractivity contribution is 9.10. The van der Waals surface area contributed by atoms with Crippen LogP contribution < -0.4 is 5.32 Å². The van der Waals surface area contributed by atoms with Crippen LogP contribution in [0.5, 0.6) is 0 Å². The summed E-state index contributed by atoms with van der Waals surface area (Å²) in [6.07, 6.45) is 1.64. The van der Waals surface area contributed by atoms with E-state index < -0.39 is 0 Å². The van der Waals surface area contributed by atoms with Crippen molar-refractivity contribution in [1.29, 1.82) is 0 Å². The molecule has 1 N–H and O–H groups in total. The van der Waals surface area contributed by atoms with E-state index in [1.165, 1.54) is 9.78 Å². The number of nitrogens with zero attached hydrogens (tertiary/aromatic N) is 2. The minimum absolute atomic E-state index is 0.0963. The van der Waals surface area contributed by atoms with Gasteiger partial charge >= 0.3 is 0 Å². The van der Waals surface area contributed by atoms with Crippen molar-refractivity contribution < 1.29 is 4.79 Å². The van der Waals surface area contributed by atoms with E-state index in [0.29, 0.717) is 5.69 Å². The van der Waals surface area contributed by atoms with Gasteiger partial charge in [0.1, 0.15) is 5.69 Å². The summed E-state index contributed by atoms with van der Waals surface area (Å²) < 4.78 is 1.10. The number of anilines is 1. The van der Waals surface area contributed by atoms with Crippen LogP contribution >= 0.6 is 27.3 Å². The molecule has 0 aliphatic heterocycles. The number of rotatable bonds is 4. The van der Waals surface area contributed by atoms with Crippen LogP contribution in [-0.4, -0.2) is 29.9 Å². The number of amides is 1. The van der Waals surface area contributed by atoms with Gasteiger partial charge in [-0.2, -0.15) is 0 Å². The molecule has 2 heterocycles. The number of carbonyl (C=O) groups is 1. The van der Waals surface area contributed by atoms with Gasteiger partial charge in [0.2, 0.25) is 0 Å². The van der Waals surface area contributed by atoms with Crippen molar-refractivity contribution in [2.75, 3.05) is 19.4 Å². The molecule has 100 valence electrons. The molecule has 0 radical (unpaired) electrons. The fourth-order valence-corrected chi connectivity index (χ4v) is 2.95. The summed E-state index contributed by atoms with van der Waals surface area (Å²) in [5, 5.41) is 5.33. The van der Waals surface area contributed by atoms with E-state index in [1.807, 2.05) is 17.5 Å². The van der Waals surface area contributed by atoms with Crippen LogP contribution in [0.2, 0.25) is 0 Å². The summed E-state index contributed by atoms with van der Waals surface area (Å²) in [5.74, 6) is -0.0963. The summed E-state index contributed by atoms with van der Waals surface area (Å²) in [7, 11) is 3.43. The Hall–Kier alpha value is -1.40. The summed E-state index contributed by atoms with van der Waals surface area (Å²) in [4.78, 5) is 18.6. The van der Waals surface area contributed by atoms with Crippen molar-refractivity contribution in [1.82, 2.24) is 9.88 Å². The molecule has 1 amide bonds. The molecule has 0 saturated carbocycles. The van der Waals surface area contributed by atoms with Crippen LogP contribution in [0.3, 0.4) is 0 Å². The van der Waals surface area contributed by atoms with E-state index in [1.54, 1.807) is 37.7 Å². The molecule has 4 nitrogen and oxygen atoms in total. The van der Waals surface area contributed by atoms with Crippen molar-refractivity contribution in [3.8, 4) is 0 Å². The second kappa shape index (κ2) is 6.16. The molecule has 2 rings (SSSR count). The van der Waals surface area contributed by atoms with Gasteiger partial charge in [-0.25, -0.2) is 0 Å². The number of halogens is 1. The predicted molar refractivity (Wildman–Crippen MR) is 81.6 cm³/mol. The lowest BCUT2D eigenvalue weighted by Gasteiger charge is -2.11. The standard InChI is InChI=1S/C13H14BrN3OS/c1-17(2)13(18)11-7-9(3-5-15-11)16-8-12-10(14)4-6-19-12/h3-7H,8H2,1-2H3,(H,15,16). The van der Waals surface area contributed by atoms with E-state index in [9.17, 15) is 4.79 Å². The average molecular weight is 340 g/mol. The zero-order valence-electron chi connectivity index (χ0n) is 10.7. The van der Waals surface area contributed by atoms with Crippen LogP contribution in [0.1, 0.15) is 15.4 Å². The molecular formula is C13H14BrN3OS. The van der Waals surface area contributed by atoms with Crippen molar-refractivity contribution in [3.05, 3.63) is 44.8 Å².